The minimum atomic E-state index is 0.0825. The van der Waals surface area contributed by atoms with E-state index >= 15 is 0 Å². The first-order valence-corrected chi connectivity index (χ1v) is 10.3. The minimum absolute atomic E-state index is 0.0825. The maximum absolute atomic E-state index is 9.64. The normalized spacial score (nSPS) is 15.5. The van der Waals surface area contributed by atoms with Crippen LogP contribution in [0.15, 0.2) is 48.7 Å². The van der Waals surface area contributed by atoms with Gasteiger partial charge in [-0.2, -0.15) is 5.26 Å². The van der Waals surface area contributed by atoms with Crippen LogP contribution in [0.1, 0.15) is 29.8 Å². The predicted octanol–water partition coefficient (Wildman–Crippen LogP) is 3.89. The van der Waals surface area contributed by atoms with E-state index in [1.165, 1.54) is 0 Å². The third kappa shape index (κ3) is 4.30. The molecule has 0 radical (unpaired) electrons. The average molecular weight is 415 g/mol. The molecule has 5 rings (SSSR count). The second-order valence-corrected chi connectivity index (χ2v) is 7.47. The molecule has 156 valence electrons. The minimum Gasteiger partial charge on any atom is -0.489 e. The van der Waals surface area contributed by atoms with E-state index in [1.54, 1.807) is 6.20 Å². The fourth-order valence-corrected chi connectivity index (χ4v) is 3.73. The molecule has 0 atom stereocenters. The highest BCUT2D eigenvalue weighted by atomic mass is 16.7. The van der Waals surface area contributed by atoms with E-state index in [9.17, 15) is 5.26 Å². The van der Waals surface area contributed by atoms with Gasteiger partial charge in [-0.1, -0.05) is 6.07 Å². The van der Waals surface area contributed by atoms with Crippen LogP contribution in [0.4, 0.5) is 0 Å². The summed E-state index contributed by atoms with van der Waals surface area (Å²) in [5.41, 5.74) is 3.16. The predicted molar refractivity (Wildman–Crippen MR) is 112 cm³/mol. The van der Waals surface area contributed by atoms with Crippen molar-refractivity contribution in [3.8, 4) is 34.6 Å². The molecule has 0 unspecified atom stereocenters. The van der Waals surface area contributed by atoms with Crippen molar-refractivity contribution >= 4 is 0 Å². The Bertz CT molecular complexity index is 1140. The molecular formula is C24H21N3O4. The summed E-state index contributed by atoms with van der Waals surface area (Å²) in [5.74, 6) is 2.79. The molecule has 1 fully saturated rings. The number of nitriles is 1. The van der Waals surface area contributed by atoms with E-state index in [0.29, 0.717) is 36.8 Å². The second kappa shape index (κ2) is 8.62. The Balaban J connectivity index is 1.36. The first kappa shape index (κ1) is 19.3. The lowest BCUT2D eigenvalue weighted by atomic mass is 10.1. The van der Waals surface area contributed by atoms with Gasteiger partial charge in [0, 0.05) is 31.0 Å². The summed E-state index contributed by atoms with van der Waals surface area (Å²) in [7, 11) is 0. The summed E-state index contributed by atoms with van der Waals surface area (Å²) in [6.07, 6.45) is 4.06. The lowest BCUT2D eigenvalue weighted by molar-refractivity contribution is 0.0254. The molecule has 0 spiro atoms. The zero-order chi connectivity index (χ0) is 21.0. The van der Waals surface area contributed by atoms with Crippen molar-refractivity contribution in [3.63, 3.8) is 0 Å². The van der Waals surface area contributed by atoms with E-state index in [2.05, 4.69) is 11.1 Å². The summed E-state index contributed by atoms with van der Waals surface area (Å²) in [5, 5.41) is 9.64. The molecule has 2 aromatic carbocycles. The summed E-state index contributed by atoms with van der Waals surface area (Å²) < 4.78 is 22.2. The summed E-state index contributed by atoms with van der Waals surface area (Å²) >= 11 is 0. The number of hydrogen-bond donors (Lipinski definition) is 0. The van der Waals surface area contributed by atoms with Crippen LogP contribution in [0.3, 0.4) is 0 Å². The van der Waals surface area contributed by atoms with E-state index in [0.717, 1.165) is 41.2 Å². The zero-order valence-corrected chi connectivity index (χ0v) is 16.9. The first-order valence-electron chi connectivity index (χ1n) is 10.3. The van der Waals surface area contributed by atoms with Crippen molar-refractivity contribution < 1.29 is 18.9 Å². The fraction of sp³-hybridized carbons (Fsp3) is 0.292. The number of benzene rings is 2. The number of rotatable bonds is 5. The van der Waals surface area contributed by atoms with Crippen LogP contribution < -0.4 is 14.2 Å². The van der Waals surface area contributed by atoms with Gasteiger partial charge in [0.1, 0.15) is 23.7 Å². The van der Waals surface area contributed by atoms with Crippen LogP contribution in [0.5, 0.6) is 17.2 Å². The van der Waals surface area contributed by atoms with Gasteiger partial charge >= 0.3 is 0 Å². The highest BCUT2D eigenvalue weighted by molar-refractivity contribution is 5.64. The van der Waals surface area contributed by atoms with Gasteiger partial charge in [-0.05, 0) is 42.0 Å². The average Bonchev–Trinajstić information content (AvgIpc) is 3.28. The van der Waals surface area contributed by atoms with Crippen molar-refractivity contribution in [1.82, 2.24) is 9.97 Å². The van der Waals surface area contributed by atoms with Crippen LogP contribution in [0, 0.1) is 11.3 Å². The summed E-state index contributed by atoms with van der Waals surface area (Å²) in [6.45, 7) is 1.63. The van der Waals surface area contributed by atoms with Crippen LogP contribution in [-0.4, -0.2) is 36.1 Å². The maximum Gasteiger partial charge on any atom is 0.231 e. The van der Waals surface area contributed by atoms with Crippen LogP contribution in [0.2, 0.25) is 0 Å². The molecule has 7 nitrogen and oxygen atoms in total. The topological polar surface area (TPSA) is 86.5 Å². The molecule has 3 heterocycles. The van der Waals surface area contributed by atoms with Crippen molar-refractivity contribution in [2.75, 3.05) is 20.0 Å². The standard InChI is InChI=1S/C24H21N3O4/c25-14-18-13-17(2-4-21(18)31-19-6-9-28-10-7-19)20-5-8-26-24(27-20)12-16-1-3-22-23(11-16)30-15-29-22/h1-5,8,11,13,19H,6-7,9-10,12,15H2. The molecule has 31 heavy (non-hydrogen) atoms. The molecular weight excluding hydrogens is 394 g/mol. The lowest BCUT2D eigenvalue weighted by Gasteiger charge is -2.23. The van der Waals surface area contributed by atoms with E-state index in [1.807, 2.05) is 42.5 Å². The Morgan fingerprint density at radius 1 is 1.03 bits per heavy atom. The number of nitrogens with zero attached hydrogens (tertiary/aromatic N) is 3. The Kier molecular flexibility index (Phi) is 5.38. The zero-order valence-electron chi connectivity index (χ0n) is 16.9. The number of hydrogen-bond acceptors (Lipinski definition) is 7. The van der Waals surface area contributed by atoms with Gasteiger partial charge in [0.05, 0.1) is 24.5 Å². The van der Waals surface area contributed by atoms with Crippen LogP contribution in [0.25, 0.3) is 11.3 Å². The molecule has 1 aromatic heterocycles. The second-order valence-electron chi connectivity index (χ2n) is 7.47. The van der Waals surface area contributed by atoms with Gasteiger partial charge in [-0.25, -0.2) is 9.97 Å². The summed E-state index contributed by atoms with van der Waals surface area (Å²) in [6, 6.07) is 15.5. The highest BCUT2D eigenvalue weighted by Crippen LogP contribution is 2.33. The molecule has 3 aromatic rings. The summed E-state index contributed by atoms with van der Waals surface area (Å²) in [4.78, 5) is 9.11. The lowest BCUT2D eigenvalue weighted by Crippen LogP contribution is -2.26. The van der Waals surface area contributed by atoms with Crippen molar-refractivity contribution in [2.45, 2.75) is 25.4 Å². The van der Waals surface area contributed by atoms with E-state index < -0.39 is 0 Å². The molecule has 2 aliphatic heterocycles. The van der Waals surface area contributed by atoms with Gasteiger partial charge < -0.3 is 18.9 Å². The third-order valence-electron chi connectivity index (χ3n) is 5.36. The maximum atomic E-state index is 9.64. The van der Waals surface area contributed by atoms with Gasteiger partial charge in [0.25, 0.3) is 0 Å². The number of fused-ring (bicyclic) bond motifs is 1. The molecule has 0 bridgehead atoms. The molecule has 0 amide bonds. The molecule has 1 saturated heterocycles. The first-order chi connectivity index (χ1) is 15.3. The quantitative estimate of drug-likeness (QED) is 0.625. The monoisotopic (exact) mass is 415 g/mol. The number of aromatic nitrogens is 2. The fourth-order valence-electron chi connectivity index (χ4n) is 3.73. The SMILES string of the molecule is N#Cc1cc(-c2ccnc(Cc3ccc4c(c3)OCO4)n2)ccc1OC1CCOCC1. The highest BCUT2D eigenvalue weighted by Gasteiger charge is 2.18. The van der Waals surface area contributed by atoms with Gasteiger partial charge in [0.15, 0.2) is 11.5 Å². The van der Waals surface area contributed by atoms with E-state index in [-0.39, 0.29) is 12.9 Å². The van der Waals surface area contributed by atoms with Gasteiger partial charge in [-0.3, -0.25) is 0 Å². The van der Waals surface area contributed by atoms with Crippen LogP contribution in [-0.2, 0) is 11.2 Å². The van der Waals surface area contributed by atoms with Crippen LogP contribution >= 0.6 is 0 Å². The van der Waals surface area contributed by atoms with Gasteiger partial charge in [0.2, 0.25) is 6.79 Å². The molecule has 7 heteroatoms. The Morgan fingerprint density at radius 3 is 2.77 bits per heavy atom. The Labute approximate surface area is 180 Å². The Morgan fingerprint density at radius 2 is 1.90 bits per heavy atom. The van der Waals surface area contributed by atoms with Crippen molar-refractivity contribution in [2.24, 2.45) is 0 Å². The molecule has 0 aliphatic carbocycles. The third-order valence-corrected chi connectivity index (χ3v) is 5.36. The van der Waals surface area contributed by atoms with Crippen molar-refractivity contribution in [1.29, 1.82) is 5.26 Å². The van der Waals surface area contributed by atoms with Crippen molar-refractivity contribution in [3.05, 3.63) is 65.6 Å². The molecule has 0 N–H and O–H groups in total. The molecule has 0 saturated carbocycles. The van der Waals surface area contributed by atoms with E-state index in [4.69, 9.17) is 23.9 Å². The smallest absolute Gasteiger partial charge is 0.231 e. The Hall–Kier alpha value is -3.63. The molecule has 2 aliphatic rings. The number of ether oxygens (including phenoxy) is 4. The largest absolute Gasteiger partial charge is 0.489 e. The van der Waals surface area contributed by atoms with Gasteiger partial charge in [-0.15, -0.1) is 0 Å².